The number of anilines is 1. The standard InChI is InChI=1S/C18H19NO3S/c1-11(2)13-5-3-4-6-14(13)22-18(21)15-9-10-16(23-15)19-17(20)12-7-8-12/h3-6,9-12H,7-8H2,1-2H3,(H,19,20). The number of nitrogens with one attached hydrogen (secondary N) is 1. The monoisotopic (exact) mass is 329 g/mol. The zero-order chi connectivity index (χ0) is 16.4. The van der Waals surface area contributed by atoms with Gasteiger partial charge in [-0.05, 0) is 42.5 Å². The second-order valence-electron chi connectivity index (χ2n) is 6.01. The van der Waals surface area contributed by atoms with Crippen LogP contribution in [0.2, 0.25) is 0 Å². The van der Waals surface area contributed by atoms with Crippen molar-refractivity contribution in [2.24, 2.45) is 5.92 Å². The minimum Gasteiger partial charge on any atom is -0.422 e. The fourth-order valence-electron chi connectivity index (χ4n) is 2.28. The van der Waals surface area contributed by atoms with Crippen LogP contribution in [0.1, 0.15) is 47.8 Å². The van der Waals surface area contributed by atoms with Crippen molar-refractivity contribution < 1.29 is 14.3 Å². The highest BCUT2D eigenvalue weighted by molar-refractivity contribution is 7.18. The Balaban J connectivity index is 1.69. The molecule has 4 nitrogen and oxygen atoms in total. The van der Waals surface area contributed by atoms with Crippen LogP contribution in [0.4, 0.5) is 5.00 Å². The Morgan fingerprint density at radius 3 is 2.61 bits per heavy atom. The number of esters is 1. The van der Waals surface area contributed by atoms with Crippen molar-refractivity contribution in [3.63, 3.8) is 0 Å². The first-order valence-electron chi connectivity index (χ1n) is 7.76. The lowest BCUT2D eigenvalue weighted by Gasteiger charge is -2.11. The summed E-state index contributed by atoms with van der Waals surface area (Å²) < 4.78 is 5.53. The molecule has 0 atom stereocenters. The summed E-state index contributed by atoms with van der Waals surface area (Å²) in [6.45, 7) is 4.12. The molecule has 3 rings (SSSR count). The number of benzene rings is 1. The first-order valence-corrected chi connectivity index (χ1v) is 8.58. The number of thiophene rings is 1. The molecule has 2 aromatic rings. The van der Waals surface area contributed by atoms with Gasteiger partial charge in [0.15, 0.2) is 0 Å². The van der Waals surface area contributed by atoms with Crippen molar-refractivity contribution in [1.82, 2.24) is 0 Å². The summed E-state index contributed by atoms with van der Waals surface area (Å²) in [5.74, 6) is 0.651. The minimum absolute atomic E-state index is 0.0388. The van der Waals surface area contributed by atoms with E-state index in [-0.39, 0.29) is 17.7 Å². The first-order chi connectivity index (χ1) is 11.0. The Morgan fingerprint density at radius 1 is 1.17 bits per heavy atom. The topological polar surface area (TPSA) is 55.4 Å². The van der Waals surface area contributed by atoms with Crippen LogP contribution in [0.15, 0.2) is 36.4 Å². The van der Waals surface area contributed by atoms with Gasteiger partial charge in [0, 0.05) is 5.92 Å². The Hall–Kier alpha value is -2.14. The average Bonchev–Trinajstić information content (AvgIpc) is 3.28. The Morgan fingerprint density at radius 2 is 1.91 bits per heavy atom. The van der Waals surface area contributed by atoms with E-state index in [0.29, 0.717) is 15.6 Å². The van der Waals surface area contributed by atoms with Crippen LogP contribution in [0.3, 0.4) is 0 Å². The summed E-state index contributed by atoms with van der Waals surface area (Å²) >= 11 is 1.24. The molecular formula is C18H19NO3S. The van der Waals surface area contributed by atoms with E-state index in [1.165, 1.54) is 11.3 Å². The van der Waals surface area contributed by atoms with E-state index in [1.54, 1.807) is 18.2 Å². The van der Waals surface area contributed by atoms with Gasteiger partial charge in [0.05, 0.1) is 5.00 Å². The molecule has 1 saturated carbocycles. The van der Waals surface area contributed by atoms with Gasteiger partial charge in [-0.1, -0.05) is 32.0 Å². The third-order valence-corrected chi connectivity index (χ3v) is 4.73. The van der Waals surface area contributed by atoms with Gasteiger partial charge in [0.25, 0.3) is 0 Å². The molecule has 1 fully saturated rings. The molecule has 1 N–H and O–H groups in total. The minimum atomic E-state index is -0.393. The van der Waals surface area contributed by atoms with E-state index >= 15 is 0 Å². The van der Waals surface area contributed by atoms with Crippen molar-refractivity contribution >= 4 is 28.2 Å². The van der Waals surface area contributed by atoms with Gasteiger partial charge in [0.2, 0.25) is 5.91 Å². The van der Waals surface area contributed by atoms with E-state index in [2.05, 4.69) is 19.2 Å². The molecule has 23 heavy (non-hydrogen) atoms. The first kappa shape index (κ1) is 15.7. The second kappa shape index (κ2) is 6.54. The predicted octanol–water partition coefficient (Wildman–Crippen LogP) is 4.44. The molecule has 1 aliphatic carbocycles. The zero-order valence-corrected chi connectivity index (χ0v) is 14.0. The Bertz CT molecular complexity index is 731. The van der Waals surface area contributed by atoms with E-state index in [9.17, 15) is 9.59 Å². The summed E-state index contributed by atoms with van der Waals surface area (Å²) in [6, 6.07) is 11.0. The van der Waals surface area contributed by atoms with E-state index < -0.39 is 5.97 Å². The van der Waals surface area contributed by atoms with Crippen LogP contribution in [0.25, 0.3) is 0 Å². The molecule has 1 heterocycles. The summed E-state index contributed by atoms with van der Waals surface area (Å²) in [5.41, 5.74) is 1.000. The maximum absolute atomic E-state index is 12.3. The summed E-state index contributed by atoms with van der Waals surface area (Å²) in [5, 5.41) is 3.53. The lowest BCUT2D eigenvalue weighted by molar-refractivity contribution is -0.117. The highest BCUT2D eigenvalue weighted by atomic mass is 32.1. The fraction of sp³-hybridized carbons (Fsp3) is 0.333. The molecule has 1 aromatic carbocycles. The maximum atomic E-state index is 12.3. The normalized spacial score (nSPS) is 13.9. The van der Waals surface area contributed by atoms with Crippen LogP contribution in [-0.4, -0.2) is 11.9 Å². The molecule has 120 valence electrons. The fourth-order valence-corrected chi connectivity index (χ4v) is 3.07. The van der Waals surface area contributed by atoms with Crippen molar-refractivity contribution in [3.8, 4) is 5.75 Å². The number of hydrogen-bond donors (Lipinski definition) is 1. The van der Waals surface area contributed by atoms with Gasteiger partial charge in [-0.25, -0.2) is 4.79 Å². The third kappa shape index (κ3) is 3.79. The third-order valence-electron chi connectivity index (χ3n) is 3.75. The summed E-state index contributed by atoms with van der Waals surface area (Å²) in [7, 11) is 0. The predicted molar refractivity (Wildman–Crippen MR) is 91.2 cm³/mol. The van der Waals surface area contributed by atoms with E-state index in [0.717, 1.165) is 18.4 Å². The van der Waals surface area contributed by atoms with Gasteiger partial charge in [-0.3, -0.25) is 4.79 Å². The number of para-hydroxylation sites is 1. The van der Waals surface area contributed by atoms with Crippen LogP contribution < -0.4 is 10.1 Å². The van der Waals surface area contributed by atoms with Gasteiger partial charge >= 0.3 is 5.97 Å². The molecule has 0 radical (unpaired) electrons. The summed E-state index contributed by atoms with van der Waals surface area (Å²) in [6.07, 6.45) is 1.91. The lowest BCUT2D eigenvalue weighted by atomic mass is 10.0. The molecule has 0 aliphatic heterocycles. The molecule has 1 aliphatic rings. The van der Waals surface area contributed by atoms with Crippen LogP contribution in [0, 0.1) is 5.92 Å². The van der Waals surface area contributed by atoms with Gasteiger partial charge in [-0.2, -0.15) is 0 Å². The average molecular weight is 329 g/mol. The highest BCUT2D eigenvalue weighted by Gasteiger charge is 2.30. The number of ether oxygens (including phenoxy) is 1. The second-order valence-corrected chi connectivity index (χ2v) is 7.09. The van der Waals surface area contributed by atoms with Crippen molar-refractivity contribution in [3.05, 3.63) is 46.8 Å². The van der Waals surface area contributed by atoms with Crippen molar-refractivity contribution in [1.29, 1.82) is 0 Å². The Labute approximate surface area is 139 Å². The molecule has 0 bridgehead atoms. The van der Waals surface area contributed by atoms with Crippen molar-refractivity contribution in [2.75, 3.05) is 5.32 Å². The number of amides is 1. The van der Waals surface area contributed by atoms with Gasteiger partial charge < -0.3 is 10.1 Å². The molecule has 1 aromatic heterocycles. The largest absolute Gasteiger partial charge is 0.422 e. The lowest BCUT2D eigenvalue weighted by Crippen LogP contribution is -2.12. The smallest absolute Gasteiger partial charge is 0.353 e. The van der Waals surface area contributed by atoms with Crippen LogP contribution in [0.5, 0.6) is 5.75 Å². The molecule has 0 spiro atoms. The molecule has 0 unspecified atom stereocenters. The molecule has 0 saturated heterocycles. The number of rotatable bonds is 5. The van der Waals surface area contributed by atoms with Crippen LogP contribution >= 0.6 is 11.3 Å². The van der Waals surface area contributed by atoms with Gasteiger partial charge in [-0.15, -0.1) is 11.3 Å². The SMILES string of the molecule is CC(C)c1ccccc1OC(=O)c1ccc(NC(=O)C2CC2)s1. The summed E-state index contributed by atoms with van der Waals surface area (Å²) in [4.78, 5) is 24.5. The number of carbonyl (C=O) groups excluding carboxylic acids is 2. The molecular weight excluding hydrogens is 310 g/mol. The highest BCUT2D eigenvalue weighted by Crippen LogP contribution is 2.32. The quantitative estimate of drug-likeness (QED) is 0.652. The molecule has 5 heteroatoms. The number of hydrogen-bond acceptors (Lipinski definition) is 4. The number of carbonyl (C=O) groups is 2. The van der Waals surface area contributed by atoms with Gasteiger partial charge in [0.1, 0.15) is 10.6 Å². The van der Waals surface area contributed by atoms with E-state index in [1.807, 2.05) is 18.2 Å². The zero-order valence-electron chi connectivity index (χ0n) is 13.2. The Kier molecular flexibility index (Phi) is 4.48. The van der Waals surface area contributed by atoms with Crippen molar-refractivity contribution in [2.45, 2.75) is 32.6 Å². The maximum Gasteiger partial charge on any atom is 0.353 e. The molecule has 1 amide bonds. The van der Waals surface area contributed by atoms with E-state index in [4.69, 9.17) is 4.74 Å². The van der Waals surface area contributed by atoms with Crippen LogP contribution in [-0.2, 0) is 4.79 Å².